The van der Waals surface area contributed by atoms with E-state index in [0.29, 0.717) is 5.56 Å². The number of hydrogen-bond donors (Lipinski definition) is 0. The zero-order valence-corrected chi connectivity index (χ0v) is 22.3. The minimum absolute atomic E-state index is 0.0205. The van der Waals surface area contributed by atoms with E-state index in [1.165, 1.54) is 42.3 Å². The van der Waals surface area contributed by atoms with E-state index in [1.807, 2.05) is 6.07 Å². The van der Waals surface area contributed by atoms with Gasteiger partial charge >= 0.3 is 29.4 Å². The lowest BCUT2D eigenvalue weighted by molar-refractivity contribution is -0.387. The van der Waals surface area contributed by atoms with Crippen LogP contribution in [0.1, 0.15) is 28.4 Å². The number of rotatable bonds is 11. The Morgan fingerprint density at radius 3 is 2.42 bits per heavy atom. The summed E-state index contributed by atoms with van der Waals surface area (Å²) in [6.07, 6.45) is 0. The van der Waals surface area contributed by atoms with Crippen LogP contribution in [-0.4, -0.2) is 66.1 Å². The molecule has 0 aliphatic heterocycles. The van der Waals surface area contributed by atoms with E-state index in [9.17, 15) is 25.0 Å². The van der Waals surface area contributed by atoms with Gasteiger partial charge in [-0.2, -0.15) is 15.2 Å². The molecule has 0 aliphatic rings. The molecule has 1 heterocycles. The first kappa shape index (κ1) is 29.1. The number of esters is 1. The summed E-state index contributed by atoms with van der Waals surface area (Å²) in [5, 5.41) is 21.3. The van der Waals surface area contributed by atoms with Crippen molar-refractivity contribution in [3.8, 4) is 41.1 Å². The number of ether oxygens (including phenoxy) is 5. The molecule has 0 radical (unpaired) electrons. The van der Waals surface area contributed by atoms with Gasteiger partial charge in [0.1, 0.15) is 5.75 Å². The van der Waals surface area contributed by atoms with Gasteiger partial charge in [0.25, 0.3) is 5.91 Å². The van der Waals surface area contributed by atoms with E-state index in [2.05, 4.69) is 9.97 Å². The molecule has 14 nitrogen and oxygen atoms in total. The van der Waals surface area contributed by atoms with Gasteiger partial charge < -0.3 is 28.6 Å². The van der Waals surface area contributed by atoms with Gasteiger partial charge in [0.15, 0.2) is 18.1 Å². The predicted octanol–water partition coefficient (Wildman–Crippen LogP) is 3.80. The van der Waals surface area contributed by atoms with Gasteiger partial charge in [0.05, 0.1) is 30.3 Å². The largest absolute Gasteiger partial charge is 0.493 e. The summed E-state index contributed by atoms with van der Waals surface area (Å²) < 4.78 is 26.9. The fourth-order valence-electron chi connectivity index (χ4n) is 3.32. The highest BCUT2D eigenvalue weighted by atomic mass is 16.6. The fraction of sp³-hybridized carbons (Fsp3) is 0.269. The molecular weight excluding hydrogens is 526 g/mol. The summed E-state index contributed by atoms with van der Waals surface area (Å²) in [5.41, 5.74) is 0.319. The number of nitro groups is 1. The lowest BCUT2D eigenvalue weighted by Crippen LogP contribution is -2.21. The van der Waals surface area contributed by atoms with Crippen molar-refractivity contribution in [3.63, 3.8) is 0 Å². The third kappa shape index (κ3) is 7.10. The van der Waals surface area contributed by atoms with Crippen LogP contribution in [-0.2, 0) is 9.53 Å². The van der Waals surface area contributed by atoms with Gasteiger partial charge in [-0.25, -0.2) is 4.79 Å². The second-order valence-electron chi connectivity index (χ2n) is 8.23. The van der Waals surface area contributed by atoms with E-state index >= 15 is 0 Å². The highest BCUT2D eigenvalue weighted by molar-refractivity contribution is 5.94. The summed E-state index contributed by atoms with van der Waals surface area (Å²) >= 11 is 0. The third-order valence-electron chi connectivity index (χ3n) is 5.03. The molecule has 14 heteroatoms. The van der Waals surface area contributed by atoms with Crippen LogP contribution < -0.4 is 18.9 Å². The van der Waals surface area contributed by atoms with Crippen LogP contribution in [0.5, 0.6) is 35.0 Å². The van der Waals surface area contributed by atoms with Crippen molar-refractivity contribution < 1.29 is 38.2 Å². The van der Waals surface area contributed by atoms with Crippen molar-refractivity contribution in [3.05, 3.63) is 63.2 Å². The van der Waals surface area contributed by atoms with Crippen molar-refractivity contribution in [1.29, 1.82) is 5.26 Å². The molecular formula is C26H25N5O9. The number of carbonyl (C=O) groups is 2. The number of nitriles is 1. The first-order valence-electron chi connectivity index (χ1n) is 11.7. The molecule has 3 aromatic rings. The van der Waals surface area contributed by atoms with Gasteiger partial charge in [-0.05, 0) is 49.7 Å². The number of hydrogen-bond acceptors (Lipinski definition) is 12. The maximum Gasteiger partial charge on any atom is 0.392 e. The van der Waals surface area contributed by atoms with E-state index in [-0.39, 0.29) is 40.9 Å². The van der Waals surface area contributed by atoms with Gasteiger partial charge in [0, 0.05) is 25.7 Å². The number of amides is 1. The number of aromatic nitrogens is 2. The molecule has 2 aromatic carbocycles. The number of methoxy groups -OCH3 is 1. The lowest BCUT2D eigenvalue weighted by Gasteiger charge is -2.14. The average Bonchev–Trinajstić information content (AvgIpc) is 2.90. The maximum absolute atomic E-state index is 12.5. The molecule has 208 valence electrons. The molecule has 40 heavy (non-hydrogen) atoms. The van der Waals surface area contributed by atoms with Crippen LogP contribution in [0.15, 0.2) is 36.4 Å². The zero-order valence-electron chi connectivity index (χ0n) is 22.3. The summed E-state index contributed by atoms with van der Waals surface area (Å²) in [5.74, 6) is -2.08. The van der Waals surface area contributed by atoms with Crippen LogP contribution >= 0.6 is 0 Å². The number of benzene rings is 2. The standard InChI is InChI=1S/C26H25N5O9/c1-6-37-21(32)14-38-23-22(31(34)35)24(39-18-10-15(2)9-17(12-18)25(33)30(3)4)29-26(28-23)40-20-11-16(13-27)7-8-19(20)36-5/h7-12H,6,14H2,1-5H3. The molecule has 0 spiro atoms. The minimum Gasteiger partial charge on any atom is -0.493 e. The second kappa shape index (κ2) is 12.9. The average molecular weight is 552 g/mol. The Kier molecular flexibility index (Phi) is 9.37. The number of carbonyl (C=O) groups excluding carboxylic acids is 2. The van der Waals surface area contributed by atoms with Gasteiger partial charge in [-0.3, -0.25) is 14.9 Å². The van der Waals surface area contributed by atoms with Crippen molar-refractivity contribution >= 4 is 17.6 Å². The Bertz CT molecular complexity index is 1480. The molecule has 0 bridgehead atoms. The molecule has 1 aromatic heterocycles. The molecule has 0 saturated carbocycles. The first-order valence-corrected chi connectivity index (χ1v) is 11.7. The Morgan fingerprint density at radius 2 is 1.80 bits per heavy atom. The van der Waals surface area contributed by atoms with Crippen molar-refractivity contribution in [2.75, 3.05) is 34.4 Å². The van der Waals surface area contributed by atoms with E-state index < -0.39 is 41.0 Å². The van der Waals surface area contributed by atoms with E-state index in [0.717, 1.165) is 0 Å². The van der Waals surface area contributed by atoms with Crippen LogP contribution in [0.2, 0.25) is 0 Å². The minimum atomic E-state index is -0.849. The molecule has 0 atom stereocenters. The monoisotopic (exact) mass is 551 g/mol. The molecule has 0 fully saturated rings. The molecule has 3 rings (SSSR count). The highest BCUT2D eigenvalue weighted by Gasteiger charge is 2.31. The smallest absolute Gasteiger partial charge is 0.392 e. The van der Waals surface area contributed by atoms with Crippen LogP contribution in [0.3, 0.4) is 0 Å². The molecule has 0 saturated heterocycles. The van der Waals surface area contributed by atoms with Gasteiger partial charge in [0.2, 0.25) is 0 Å². The molecule has 1 amide bonds. The Labute approximate surface area is 228 Å². The molecule has 0 unspecified atom stereocenters. The van der Waals surface area contributed by atoms with Gasteiger partial charge in [-0.1, -0.05) is 0 Å². The molecule has 0 aliphatic carbocycles. The SMILES string of the molecule is CCOC(=O)COc1nc(Oc2cc(C#N)ccc2OC)nc(Oc2cc(C)cc(C(=O)N(C)C)c2)c1[N+](=O)[O-]. The van der Waals surface area contributed by atoms with Crippen LogP contribution in [0.4, 0.5) is 5.69 Å². The summed E-state index contributed by atoms with van der Waals surface area (Å²) in [7, 11) is 4.53. The predicted molar refractivity (Wildman–Crippen MR) is 138 cm³/mol. The quantitative estimate of drug-likeness (QED) is 0.192. The third-order valence-corrected chi connectivity index (χ3v) is 5.03. The first-order chi connectivity index (χ1) is 19.1. The molecule has 0 N–H and O–H groups in total. The van der Waals surface area contributed by atoms with Gasteiger partial charge in [-0.15, -0.1) is 0 Å². The number of nitrogens with zero attached hydrogens (tertiary/aromatic N) is 5. The Hall–Kier alpha value is -5.45. The fourth-order valence-corrected chi connectivity index (χ4v) is 3.32. The normalized spacial score (nSPS) is 10.2. The Morgan fingerprint density at radius 1 is 1.07 bits per heavy atom. The summed E-state index contributed by atoms with van der Waals surface area (Å²) in [4.78, 5) is 45.0. The van der Waals surface area contributed by atoms with Crippen LogP contribution in [0, 0.1) is 28.4 Å². The topological polar surface area (TPSA) is 176 Å². The number of aryl methyl sites for hydroxylation is 1. The van der Waals surface area contributed by atoms with E-state index in [4.69, 9.17) is 23.7 Å². The maximum atomic E-state index is 12.5. The van der Waals surface area contributed by atoms with Crippen molar-refractivity contribution in [2.24, 2.45) is 0 Å². The summed E-state index contributed by atoms with van der Waals surface area (Å²) in [6.45, 7) is 2.66. The van der Waals surface area contributed by atoms with Crippen molar-refractivity contribution in [2.45, 2.75) is 13.8 Å². The van der Waals surface area contributed by atoms with Crippen molar-refractivity contribution in [1.82, 2.24) is 14.9 Å². The summed E-state index contributed by atoms with van der Waals surface area (Å²) in [6, 6.07) is 10.4. The Balaban J connectivity index is 2.14. The van der Waals surface area contributed by atoms with Crippen LogP contribution in [0.25, 0.3) is 0 Å². The highest BCUT2D eigenvalue weighted by Crippen LogP contribution is 2.40. The van der Waals surface area contributed by atoms with E-state index in [1.54, 1.807) is 34.0 Å². The zero-order chi connectivity index (χ0) is 29.4. The lowest BCUT2D eigenvalue weighted by atomic mass is 10.1. The second-order valence-corrected chi connectivity index (χ2v) is 8.23.